The molecule has 5 nitrogen and oxygen atoms in total. The Bertz CT molecular complexity index is 536. The molecule has 0 aliphatic carbocycles. The lowest BCUT2D eigenvalue weighted by molar-refractivity contribution is -0.141. The van der Waals surface area contributed by atoms with E-state index >= 15 is 0 Å². The van der Waals surface area contributed by atoms with Gasteiger partial charge in [-0.2, -0.15) is 5.10 Å². The molecule has 0 N–H and O–H groups in total. The molecule has 0 saturated carbocycles. The molecule has 0 fully saturated rings. The van der Waals surface area contributed by atoms with Crippen LogP contribution in [0.2, 0.25) is 18.1 Å². The SMILES string of the molecule is CC(=O)OCCn1nc(CO[Si](C)(C)C(C)(C)C)c(I)c1C. The van der Waals surface area contributed by atoms with Gasteiger partial charge >= 0.3 is 5.97 Å². The summed E-state index contributed by atoms with van der Waals surface area (Å²) >= 11 is 2.31. The topological polar surface area (TPSA) is 53.4 Å². The van der Waals surface area contributed by atoms with Crippen molar-refractivity contribution >= 4 is 36.9 Å². The second kappa shape index (κ2) is 7.44. The lowest BCUT2D eigenvalue weighted by Gasteiger charge is -2.35. The molecule has 7 heteroatoms. The Morgan fingerprint density at radius 3 is 2.45 bits per heavy atom. The van der Waals surface area contributed by atoms with Gasteiger partial charge in [0, 0.05) is 12.6 Å². The minimum atomic E-state index is -1.78. The molecule has 1 aromatic heterocycles. The Balaban J connectivity index is 2.75. The van der Waals surface area contributed by atoms with Crippen LogP contribution in [0.5, 0.6) is 0 Å². The second-order valence-electron chi connectivity index (χ2n) is 6.96. The third-order valence-electron chi connectivity index (χ3n) is 4.18. The van der Waals surface area contributed by atoms with Gasteiger partial charge in [0.1, 0.15) is 12.3 Å². The van der Waals surface area contributed by atoms with E-state index < -0.39 is 8.32 Å². The quantitative estimate of drug-likeness (QED) is 0.384. The molecule has 0 spiro atoms. The maximum absolute atomic E-state index is 10.8. The first-order valence-electron chi connectivity index (χ1n) is 7.45. The number of esters is 1. The summed E-state index contributed by atoms with van der Waals surface area (Å²) in [5.41, 5.74) is 2.05. The highest BCUT2D eigenvalue weighted by atomic mass is 127. The molecule has 126 valence electrons. The average Bonchev–Trinajstić information content (AvgIpc) is 2.63. The van der Waals surface area contributed by atoms with Crippen LogP contribution in [0.3, 0.4) is 0 Å². The van der Waals surface area contributed by atoms with Crippen LogP contribution in [0.4, 0.5) is 0 Å². The fraction of sp³-hybridized carbons (Fsp3) is 0.733. The summed E-state index contributed by atoms with van der Waals surface area (Å²) in [4.78, 5) is 10.8. The Morgan fingerprint density at radius 1 is 1.36 bits per heavy atom. The van der Waals surface area contributed by atoms with Crippen molar-refractivity contribution in [3.05, 3.63) is 15.0 Å². The maximum Gasteiger partial charge on any atom is 0.302 e. The predicted molar refractivity (Wildman–Crippen MR) is 98.3 cm³/mol. The first-order valence-corrected chi connectivity index (χ1v) is 11.4. The summed E-state index contributed by atoms with van der Waals surface area (Å²) < 4.78 is 14.2. The Morgan fingerprint density at radius 2 is 1.95 bits per heavy atom. The van der Waals surface area contributed by atoms with E-state index in [1.54, 1.807) is 0 Å². The molecule has 0 amide bonds. The van der Waals surface area contributed by atoms with E-state index in [0.717, 1.165) is 15.0 Å². The minimum absolute atomic E-state index is 0.186. The molecule has 1 heterocycles. The average molecular weight is 438 g/mol. The highest BCUT2D eigenvalue weighted by Crippen LogP contribution is 2.37. The van der Waals surface area contributed by atoms with Crippen LogP contribution >= 0.6 is 22.6 Å². The van der Waals surface area contributed by atoms with Crippen molar-refractivity contribution in [2.75, 3.05) is 6.61 Å². The van der Waals surface area contributed by atoms with Crippen molar-refractivity contribution < 1.29 is 14.0 Å². The van der Waals surface area contributed by atoms with E-state index in [-0.39, 0.29) is 11.0 Å². The van der Waals surface area contributed by atoms with Crippen LogP contribution in [-0.4, -0.2) is 30.7 Å². The highest BCUT2D eigenvalue weighted by Gasteiger charge is 2.37. The van der Waals surface area contributed by atoms with Crippen molar-refractivity contribution in [3.63, 3.8) is 0 Å². The van der Waals surface area contributed by atoms with Gasteiger partial charge in [0.2, 0.25) is 0 Å². The zero-order valence-corrected chi connectivity index (χ0v) is 17.8. The van der Waals surface area contributed by atoms with Gasteiger partial charge in [-0.1, -0.05) is 20.8 Å². The number of carbonyl (C=O) groups is 1. The fourth-order valence-corrected chi connectivity index (χ4v) is 3.11. The zero-order valence-electron chi connectivity index (χ0n) is 14.6. The van der Waals surface area contributed by atoms with Crippen LogP contribution in [0.25, 0.3) is 0 Å². The van der Waals surface area contributed by atoms with E-state index in [0.29, 0.717) is 19.8 Å². The van der Waals surface area contributed by atoms with Crippen LogP contribution in [0, 0.1) is 10.5 Å². The van der Waals surface area contributed by atoms with Crippen LogP contribution < -0.4 is 0 Å². The molecule has 22 heavy (non-hydrogen) atoms. The molecule has 0 unspecified atom stereocenters. The first kappa shape index (κ1) is 19.6. The fourth-order valence-electron chi connectivity index (χ4n) is 1.64. The van der Waals surface area contributed by atoms with Crippen molar-refractivity contribution in [1.29, 1.82) is 0 Å². The molecule has 0 aliphatic rings. The summed E-state index contributed by atoms with van der Waals surface area (Å²) in [5, 5.41) is 4.79. The van der Waals surface area contributed by atoms with E-state index in [2.05, 4.69) is 61.6 Å². The third kappa shape index (κ3) is 5.06. The zero-order chi connectivity index (χ0) is 17.1. The highest BCUT2D eigenvalue weighted by molar-refractivity contribution is 14.1. The minimum Gasteiger partial charge on any atom is -0.464 e. The summed E-state index contributed by atoms with van der Waals surface area (Å²) in [6.45, 7) is 16.1. The molecule has 0 atom stereocenters. The van der Waals surface area contributed by atoms with Crippen LogP contribution in [-0.2, 0) is 27.1 Å². The summed E-state index contributed by atoms with van der Waals surface area (Å²) in [7, 11) is -1.78. The van der Waals surface area contributed by atoms with Crippen LogP contribution in [0.1, 0.15) is 39.1 Å². The molecule has 0 aliphatic heterocycles. The Labute approximate surface area is 148 Å². The van der Waals surface area contributed by atoms with Gasteiger partial charge in [-0.05, 0) is 47.6 Å². The number of halogens is 1. The van der Waals surface area contributed by atoms with Gasteiger partial charge in [-0.25, -0.2) is 0 Å². The summed E-state index contributed by atoms with van der Waals surface area (Å²) in [5.74, 6) is -0.263. The smallest absolute Gasteiger partial charge is 0.302 e. The van der Waals surface area contributed by atoms with Gasteiger partial charge in [-0.3, -0.25) is 9.48 Å². The van der Waals surface area contributed by atoms with Gasteiger partial charge < -0.3 is 9.16 Å². The number of rotatable bonds is 6. The monoisotopic (exact) mass is 438 g/mol. The molecule has 0 bridgehead atoms. The summed E-state index contributed by atoms with van der Waals surface area (Å²) in [6, 6.07) is 0. The normalized spacial score (nSPS) is 12.5. The maximum atomic E-state index is 10.8. The number of hydrogen-bond acceptors (Lipinski definition) is 4. The molecule has 0 radical (unpaired) electrons. The number of aromatic nitrogens is 2. The molecule has 1 aromatic rings. The Kier molecular flexibility index (Phi) is 6.64. The number of nitrogens with zero attached hydrogens (tertiary/aromatic N) is 2. The van der Waals surface area contributed by atoms with Crippen LogP contribution in [0.15, 0.2) is 0 Å². The largest absolute Gasteiger partial charge is 0.464 e. The van der Waals surface area contributed by atoms with Crippen molar-refractivity contribution in [2.24, 2.45) is 0 Å². The summed E-state index contributed by atoms with van der Waals surface area (Å²) in [6.07, 6.45) is 0. The van der Waals surface area contributed by atoms with Gasteiger partial charge in [-0.15, -0.1) is 0 Å². The molecular formula is C15H27IN2O3Si. The van der Waals surface area contributed by atoms with Crippen molar-refractivity contribution in [3.8, 4) is 0 Å². The third-order valence-corrected chi connectivity index (χ3v) is 10.1. The van der Waals surface area contributed by atoms with E-state index in [1.807, 2.05) is 11.6 Å². The lowest BCUT2D eigenvalue weighted by atomic mass is 10.2. The molecule has 1 rings (SSSR count). The van der Waals surface area contributed by atoms with Gasteiger partial charge in [0.05, 0.1) is 16.7 Å². The number of hydrogen-bond donors (Lipinski definition) is 0. The predicted octanol–water partition coefficient (Wildman–Crippen LogP) is 3.88. The van der Waals surface area contributed by atoms with Crippen molar-refractivity contribution in [2.45, 2.75) is 65.9 Å². The number of carbonyl (C=O) groups excluding carboxylic acids is 1. The van der Waals surface area contributed by atoms with E-state index in [4.69, 9.17) is 9.16 Å². The van der Waals surface area contributed by atoms with E-state index in [1.165, 1.54) is 6.92 Å². The van der Waals surface area contributed by atoms with Gasteiger partial charge in [0.15, 0.2) is 8.32 Å². The van der Waals surface area contributed by atoms with Gasteiger partial charge in [0.25, 0.3) is 0 Å². The Hall–Kier alpha value is -0.413. The molecule has 0 aromatic carbocycles. The number of ether oxygens (including phenoxy) is 1. The van der Waals surface area contributed by atoms with Crippen molar-refractivity contribution in [1.82, 2.24) is 9.78 Å². The standard InChI is InChI=1S/C15H27IN2O3Si/c1-11-14(16)13(10-21-22(6,7)15(3,4)5)17-18(11)8-9-20-12(2)19/h8-10H2,1-7H3. The second-order valence-corrected chi connectivity index (χ2v) is 12.8. The lowest BCUT2D eigenvalue weighted by Crippen LogP contribution is -2.40. The molecular weight excluding hydrogens is 411 g/mol. The molecule has 0 saturated heterocycles. The first-order chi connectivity index (χ1) is 9.95. The van der Waals surface area contributed by atoms with E-state index in [9.17, 15) is 4.79 Å².